The van der Waals surface area contributed by atoms with Gasteiger partial charge < -0.3 is 9.32 Å². The van der Waals surface area contributed by atoms with Crippen LogP contribution in [0, 0.1) is 0 Å². The summed E-state index contributed by atoms with van der Waals surface area (Å²) in [5.74, 6) is 0. The van der Waals surface area contributed by atoms with E-state index >= 15 is 0 Å². The Morgan fingerprint density at radius 2 is 0.922 bits per heavy atom. The highest BCUT2D eigenvalue weighted by Crippen LogP contribution is 2.59. The topological polar surface area (TPSA) is 16.4 Å². The first kappa shape index (κ1) is 36.7. The molecule has 13 rings (SSSR count). The Morgan fingerprint density at radius 1 is 0.375 bits per heavy atom. The maximum absolute atomic E-state index is 7.23. The third-order valence-corrected chi connectivity index (χ3v) is 14.6. The van der Waals surface area contributed by atoms with Gasteiger partial charge in [0.15, 0.2) is 0 Å². The van der Waals surface area contributed by atoms with Gasteiger partial charge in [-0.05, 0) is 92.5 Å². The van der Waals surface area contributed by atoms with E-state index in [1.807, 2.05) is 11.3 Å². The monoisotopic (exact) mass is 833 g/mol. The fourth-order valence-electron chi connectivity index (χ4n) is 10.6. The molecule has 3 heteroatoms. The zero-order valence-electron chi connectivity index (χ0n) is 34.8. The van der Waals surface area contributed by atoms with E-state index in [1.54, 1.807) is 0 Å². The van der Waals surface area contributed by atoms with Crippen molar-refractivity contribution in [3.8, 4) is 33.4 Å². The minimum Gasteiger partial charge on any atom is -0.456 e. The lowest BCUT2D eigenvalue weighted by atomic mass is 9.67. The quantitative estimate of drug-likeness (QED) is 0.159. The Labute approximate surface area is 375 Å². The van der Waals surface area contributed by atoms with Crippen LogP contribution in [0.4, 0.5) is 17.1 Å². The predicted octanol–water partition coefficient (Wildman–Crippen LogP) is 17.1. The second-order valence-electron chi connectivity index (χ2n) is 16.7. The largest absolute Gasteiger partial charge is 0.456 e. The van der Waals surface area contributed by atoms with Crippen LogP contribution in [0.3, 0.4) is 0 Å². The summed E-state index contributed by atoms with van der Waals surface area (Å²) < 4.78 is 9.85. The molecule has 0 aliphatic heterocycles. The van der Waals surface area contributed by atoms with Crippen LogP contribution in [0.1, 0.15) is 22.3 Å². The van der Waals surface area contributed by atoms with E-state index in [-0.39, 0.29) is 0 Å². The van der Waals surface area contributed by atoms with E-state index in [1.165, 1.54) is 70.2 Å². The Bertz CT molecular complexity index is 3670. The second-order valence-corrected chi connectivity index (χ2v) is 17.8. The van der Waals surface area contributed by atoms with Gasteiger partial charge in [0.05, 0.1) is 16.5 Å². The highest BCUT2D eigenvalue weighted by molar-refractivity contribution is 7.26. The molecular formula is C61H39NOS. The van der Waals surface area contributed by atoms with Gasteiger partial charge in [0.25, 0.3) is 0 Å². The first-order valence-electron chi connectivity index (χ1n) is 21.9. The minimum absolute atomic E-state index is 0.628. The molecule has 0 radical (unpaired) electrons. The molecule has 1 aliphatic rings. The fraction of sp³-hybridized carbons (Fsp3) is 0.0164. The number of anilines is 3. The van der Waals surface area contributed by atoms with Gasteiger partial charge in [0.1, 0.15) is 11.2 Å². The Hall–Kier alpha value is -7.98. The Morgan fingerprint density at radius 3 is 1.64 bits per heavy atom. The fourth-order valence-corrected chi connectivity index (χ4v) is 11.8. The van der Waals surface area contributed by atoms with Gasteiger partial charge in [-0.25, -0.2) is 0 Å². The summed E-state index contributed by atoms with van der Waals surface area (Å²) >= 11 is 1.87. The van der Waals surface area contributed by atoms with Crippen molar-refractivity contribution in [3.63, 3.8) is 0 Å². The molecule has 12 aromatic rings. The van der Waals surface area contributed by atoms with E-state index in [0.29, 0.717) is 0 Å². The molecule has 0 spiro atoms. The van der Waals surface area contributed by atoms with Crippen LogP contribution >= 0.6 is 11.3 Å². The number of nitrogens with zero attached hydrogens (tertiary/aromatic N) is 1. The molecule has 10 aromatic carbocycles. The molecule has 64 heavy (non-hydrogen) atoms. The van der Waals surface area contributed by atoms with Crippen molar-refractivity contribution in [1.29, 1.82) is 0 Å². The molecule has 0 saturated carbocycles. The number of para-hydroxylation sites is 1. The van der Waals surface area contributed by atoms with E-state index in [4.69, 9.17) is 4.42 Å². The zero-order chi connectivity index (χ0) is 42.2. The number of hydrogen-bond acceptors (Lipinski definition) is 3. The highest BCUT2D eigenvalue weighted by Gasteiger charge is 2.48. The molecule has 2 heterocycles. The van der Waals surface area contributed by atoms with Gasteiger partial charge in [0, 0.05) is 42.5 Å². The molecule has 0 amide bonds. The Kier molecular flexibility index (Phi) is 8.34. The van der Waals surface area contributed by atoms with Crippen LogP contribution in [-0.4, -0.2) is 0 Å². The smallest absolute Gasteiger partial charge is 0.142 e. The summed E-state index contributed by atoms with van der Waals surface area (Å²) in [6, 6.07) is 86.2. The molecule has 0 bridgehead atoms. The number of rotatable bonds is 7. The van der Waals surface area contributed by atoms with Crippen molar-refractivity contribution in [1.82, 2.24) is 0 Å². The molecular weight excluding hydrogens is 795 g/mol. The van der Waals surface area contributed by atoms with Crippen LogP contribution in [-0.2, 0) is 5.41 Å². The molecule has 0 fully saturated rings. The number of benzene rings is 10. The van der Waals surface area contributed by atoms with Gasteiger partial charge in [-0.1, -0.05) is 194 Å². The van der Waals surface area contributed by atoms with Crippen molar-refractivity contribution >= 4 is 70.5 Å². The van der Waals surface area contributed by atoms with Crippen LogP contribution < -0.4 is 4.90 Å². The molecule has 1 aliphatic carbocycles. The summed E-state index contributed by atoms with van der Waals surface area (Å²) in [7, 11) is 0. The van der Waals surface area contributed by atoms with E-state index in [9.17, 15) is 0 Å². The Balaban J connectivity index is 1.06. The first-order valence-corrected chi connectivity index (χ1v) is 22.7. The minimum atomic E-state index is -0.628. The van der Waals surface area contributed by atoms with E-state index in [0.717, 1.165) is 44.6 Å². The average molecular weight is 834 g/mol. The SMILES string of the molecule is c1ccc(-c2ccc(N(c3ccc(-c4cccc5c4sc4ccccc45)cc3)c3ccc(C4(c5ccccc5)c5ccccc5-c5ccccc54)c4oc5ccccc5c34)cc2)cc1. The molecule has 0 atom stereocenters. The number of furan rings is 1. The van der Waals surface area contributed by atoms with Gasteiger partial charge in [0.2, 0.25) is 0 Å². The summed E-state index contributed by atoms with van der Waals surface area (Å²) in [5, 5.41) is 4.77. The van der Waals surface area contributed by atoms with Crippen molar-refractivity contribution in [2.24, 2.45) is 0 Å². The predicted molar refractivity (Wildman–Crippen MR) is 269 cm³/mol. The first-order chi connectivity index (χ1) is 31.8. The molecule has 0 N–H and O–H groups in total. The van der Waals surface area contributed by atoms with Gasteiger partial charge in [-0.15, -0.1) is 11.3 Å². The lowest BCUT2D eigenvalue weighted by Crippen LogP contribution is -2.29. The molecule has 0 unspecified atom stereocenters. The number of hydrogen-bond donors (Lipinski definition) is 0. The third kappa shape index (κ3) is 5.44. The van der Waals surface area contributed by atoms with Crippen LogP contribution in [0.2, 0.25) is 0 Å². The lowest BCUT2D eigenvalue weighted by Gasteiger charge is -2.34. The average Bonchev–Trinajstić information content (AvgIpc) is 4.05. The maximum atomic E-state index is 7.23. The summed E-state index contributed by atoms with van der Waals surface area (Å²) in [6.07, 6.45) is 0. The number of fused-ring (bicyclic) bond motifs is 9. The summed E-state index contributed by atoms with van der Waals surface area (Å²) in [5.41, 5.74) is 16.5. The van der Waals surface area contributed by atoms with Crippen LogP contribution in [0.15, 0.2) is 241 Å². The zero-order valence-corrected chi connectivity index (χ0v) is 35.6. The van der Waals surface area contributed by atoms with E-state index in [2.05, 4.69) is 241 Å². The standard InChI is InChI=1S/C61H39NOS/c1-3-16-40(17-4-1)41-30-34-44(35-31-41)62(45-36-32-42(33-37-45)46-24-15-25-50-49-22-10-14-29-57(49)64-60(46)50)55-39-38-54(59-58(55)51-23-9-13-28-56(51)63-59)61(43-18-5-2-6-19-43)52-26-11-7-20-47(52)48-21-8-12-27-53(48)61/h1-39H. The molecule has 2 aromatic heterocycles. The van der Waals surface area contributed by atoms with E-state index < -0.39 is 5.41 Å². The highest BCUT2D eigenvalue weighted by atomic mass is 32.1. The normalized spacial score (nSPS) is 12.8. The molecule has 0 saturated heterocycles. The van der Waals surface area contributed by atoms with Crippen LogP contribution in [0.5, 0.6) is 0 Å². The van der Waals surface area contributed by atoms with Crippen molar-refractivity contribution < 1.29 is 4.42 Å². The lowest BCUT2D eigenvalue weighted by molar-refractivity contribution is 0.648. The van der Waals surface area contributed by atoms with Crippen molar-refractivity contribution in [3.05, 3.63) is 259 Å². The molecule has 2 nitrogen and oxygen atoms in total. The molecule has 300 valence electrons. The van der Waals surface area contributed by atoms with Crippen LogP contribution in [0.25, 0.3) is 75.5 Å². The second kappa shape index (κ2) is 14.6. The third-order valence-electron chi connectivity index (χ3n) is 13.4. The van der Waals surface area contributed by atoms with Gasteiger partial charge in [-0.3, -0.25) is 0 Å². The number of thiophene rings is 1. The van der Waals surface area contributed by atoms with Gasteiger partial charge in [-0.2, -0.15) is 0 Å². The summed E-state index contributed by atoms with van der Waals surface area (Å²) in [4.78, 5) is 2.42. The van der Waals surface area contributed by atoms with Gasteiger partial charge >= 0.3 is 0 Å². The van der Waals surface area contributed by atoms with Crippen molar-refractivity contribution in [2.75, 3.05) is 4.90 Å². The summed E-state index contributed by atoms with van der Waals surface area (Å²) in [6.45, 7) is 0. The van der Waals surface area contributed by atoms with Crippen molar-refractivity contribution in [2.45, 2.75) is 5.41 Å². The maximum Gasteiger partial charge on any atom is 0.142 e.